The molecule has 0 spiro atoms. The predicted molar refractivity (Wildman–Crippen MR) is 74.7 cm³/mol. The molecular formula is C13H19N3S. The van der Waals surface area contributed by atoms with Crippen LogP contribution >= 0.6 is 11.8 Å². The molecule has 4 heteroatoms. The van der Waals surface area contributed by atoms with Gasteiger partial charge < -0.3 is 5.73 Å². The number of rotatable bonds is 3. The van der Waals surface area contributed by atoms with Crippen molar-refractivity contribution in [1.29, 1.82) is 5.41 Å². The molecule has 0 radical (unpaired) electrons. The second-order valence-corrected chi connectivity index (χ2v) is 5.58. The number of hydrogen-bond acceptors (Lipinski definition) is 3. The van der Waals surface area contributed by atoms with E-state index in [4.69, 9.17) is 11.1 Å². The molecule has 0 amide bonds. The molecule has 1 aliphatic rings. The fraction of sp³-hybridized carbons (Fsp3) is 0.462. The Kier molecular flexibility index (Phi) is 4.45. The van der Waals surface area contributed by atoms with E-state index in [1.165, 1.54) is 30.0 Å². The van der Waals surface area contributed by atoms with Gasteiger partial charge in [0.05, 0.1) is 0 Å². The van der Waals surface area contributed by atoms with Crippen molar-refractivity contribution in [3.05, 3.63) is 35.4 Å². The van der Waals surface area contributed by atoms with Crippen LogP contribution in [0.4, 0.5) is 0 Å². The van der Waals surface area contributed by atoms with Crippen LogP contribution in [-0.2, 0) is 6.54 Å². The van der Waals surface area contributed by atoms with Crippen LogP contribution in [0.15, 0.2) is 24.3 Å². The number of amidine groups is 1. The van der Waals surface area contributed by atoms with E-state index in [0.717, 1.165) is 18.7 Å². The summed E-state index contributed by atoms with van der Waals surface area (Å²) in [5, 5.41) is 7.45. The molecule has 1 aliphatic heterocycles. The third kappa shape index (κ3) is 3.75. The molecule has 2 rings (SSSR count). The van der Waals surface area contributed by atoms with Crippen LogP contribution in [0.5, 0.6) is 0 Å². The van der Waals surface area contributed by atoms with Gasteiger partial charge in [0.25, 0.3) is 0 Å². The minimum absolute atomic E-state index is 0.151. The molecule has 0 atom stereocenters. The van der Waals surface area contributed by atoms with Crippen LogP contribution in [0, 0.1) is 5.41 Å². The normalized spacial score (nSPS) is 17.6. The Balaban J connectivity index is 2.01. The van der Waals surface area contributed by atoms with Crippen molar-refractivity contribution in [3.8, 4) is 0 Å². The highest BCUT2D eigenvalue weighted by atomic mass is 32.2. The summed E-state index contributed by atoms with van der Waals surface area (Å²) in [6, 6.07) is 8.02. The van der Waals surface area contributed by atoms with Crippen molar-refractivity contribution >= 4 is 17.6 Å². The summed E-state index contributed by atoms with van der Waals surface area (Å²) >= 11 is 2.04. The standard InChI is InChI=1S/C13H19N3S/c14-13(15)12-4-1-3-11(9-12)10-16-5-2-7-17-8-6-16/h1,3-4,9H,2,5-8,10H2,(H3,14,15). The predicted octanol–water partition coefficient (Wildman–Crippen LogP) is 1.91. The fourth-order valence-electron chi connectivity index (χ4n) is 2.05. The number of nitrogen functional groups attached to an aromatic ring is 1. The van der Waals surface area contributed by atoms with E-state index in [0.29, 0.717) is 0 Å². The highest BCUT2D eigenvalue weighted by molar-refractivity contribution is 7.99. The third-order valence-electron chi connectivity index (χ3n) is 2.96. The largest absolute Gasteiger partial charge is 0.384 e. The van der Waals surface area contributed by atoms with Crippen LogP contribution in [0.2, 0.25) is 0 Å². The van der Waals surface area contributed by atoms with E-state index >= 15 is 0 Å². The summed E-state index contributed by atoms with van der Waals surface area (Å²) in [6.45, 7) is 3.31. The van der Waals surface area contributed by atoms with E-state index in [1.807, 2.05) is 30.0 Å². The monoisotopic (exact) mass is 249 g/mol. The molecular weight excluding hydrogens is 230 g/mol. The van der Waals surface area contributed by atoms with Gasteiger partial charge in [-0.25, -0.2) is 0 Å². The molecule has 1 aromatic rings. The molecule has 3 N–H and O–H groups in total. The molecule has 1 aromatic carbocycles. The molecule has 1 heterocycles. The topological polar surface area (TPSA) is 53.1 Å². The maximum absolute atomic E-state index is 7.45. The number of nitrogens with zero attached hydrogens (tertiary/aromatic N) is 1. The van der Waals surface area contributed by atoms with Crippen molar-refractivity contribution in [1.82, 2.24) is 4.90 Å². The lowest BCUT2D eigenvalue weighted by atomic mass is 10.1. The van der Waals surface area contributed by atoms with Crippen molar-refractivity contribution in [3.63, 3.8) is 0 Å². The first-order chi connectivity index (χ1) is 8.25. The molecule has 1 fully saturated rings. The van der Waals surface area contributed by atoms with Gasteiger partial charge in [0.1, 0.15) is 5.84 Å². The van der Waals surface area contributed by atoms with Crippen molar-refractivity contribution in [2.24, 2.45) is 5.73 Å². The molecule has 3 nitrogen and oxygen atoms in total. The molecule has 0 aliphatic carbocycles. The lowest BCUT2D eigenvalue weighted by molar-refractivity contribution is 0.287. The van der Waals surface area contributed by atoms with Gasteiger partial charge in [-0.1, -0.05) is 18.2 Å². The Morgan fingerprint density at radius 2 is 2.24 bits per heavy atom. The van der Waals surface area contributed by atoms with Gasteiger partial charge in [0.2, 0.25) is 0 Å². The molecule has 0 bridgehead atoms. The highest BCUT2D eigenvalue weighted by Crippen LogP contribution is 2.14. The number of thioether (sulfide) groups is 1. The minimum atomic E-state index is 0.151. The first-order valence-corrected chi connectivity index (χ1v) is 7.14. The van der Waals surface area contributed by atoms with E-state index in [-0.39, 0.29) is 5.84 Å². The van der Waals surface area contributed by atoms with Crippen LogP contribution < -0.4 is 5.73 Å². The lowest BCUT2D eigenvalue weighted by Crippen LogP contribution is -2.25. The summed E-state index contributed by atoms with van der Waals surface area (Å²) in [4.78, 5) is 2.49. The number of benzene rings is 1. The van der Waals surface area contributed by atoms with Crippen LogP contribution in [0.3, 0.4) is 0 Å². The Labute approximate surface area is 107 Å². The zero-order valence-electron chi connectivity index (χ0n) is 9.98. The number of hydrogen-bond donors (Lipinski definition) is 2. The van der Waals surface area contributed by atoms with Gasteiger partial charge in [-0.05, 0) is 30.3 Å². The average Bonchev–Trinajstić information content (AvgIpc) is 2.58. The molecule has 0 aromatic heterocycles. The van der Waals surface area contributed by atoms with E-state index < -0.39 is 0 Å². The molecule has 92 valence electrons. The smallest absolute Gasteiger partial charge is 0.122 e. The van der Waals surface area contributed by atoms with Gasteiger partial charge in [0.15, 0.2) is 0 Å². The molecule has 1 saturated heterocycles. The minimum Gasteiger partial charge on any atom is -0.384 e. The average molecular weight is 249 g/mol. The first kappa shape index (κ1) is 12.5. The molecule has 17 heavy (non-hydrogen) atoms. The molecule has 0 saturated carbocycles. The molecule has 0 unspecified atom stereocenters. The van der Waals surface area contributed by atoms with Gasteiger partial charge in [0, 0.05) is 24.4 Å². The number of nitrogens with one attached hydrogen (secondary N) is 1. The zero-order chi connectivity index (χ0) is 12.1. The van der Waals surface area contributed by atoms with Gasteiger partial charge in [-0.3, -0.25) is 10.3 Å². The summed E-state index contributed by atoms with van der Waals surface area (Å²) < 4.78 is 0. The van der Waals surface area contributed by atoms with E-state index in [2.05, 4.69) is 11.0 Å². The van der Waals surface area contributed by atoms with Gasteiger partial charge >= 0.3 is 0 Å². The maximum Gasteiger partial charge on any atom is 0.122 e. The Bertz CT molecular complexity index is 384. The lowest BCUT2D eigenvalue weighted by Gasteiger charge is -2.19. The van der Waals surface area contributed by atoms with Crippen LogP contribution in [0.25, 0.3) is 0 Å². The Morgan fingerprint density at radius 1 is 1.35 bits per heavy atom. The quantitative estimate of drug-likeness (QED) is 0.635. The Hall–Kier alpha value is -1.00. The maximum atomic E-state index is 7.45. The second-order valence-electron chi connectivity index (χ2n) is 4.36. The van der Waals surface area contributed by atoms with E-state index in [1.54, 1.807) is 0 Å². The zero-order valence-corrected chi connectivity index (χ0v) is 10.8. The Morgan fingerprint density at radius 3 is 3.06 bits per heavy atom. The van der Waals surface area contributed by atoms with Crippen molar-refractivity contribution in [2.45, 2.75) is 13.0 Å². The fourth-order valence-corrected chi connectivity index (χ4v) is 2.98. The second kappa shape index (κ2) is 6.07. The number of nitrogens with two attached hydrogens (primary N) is 1. The van der Waals surface area contributed by atoms with Gasteiger partial charge in [-0.2, -0.15) is 11.8 Å². The summed E-state index contributed by atoms with van der Waals surface area (Å²) in [6.07, 6.45) is 1.27. The SMILES string of the molecule is N=C(N)c1cccc(CN2CCCSCC2)c1. The van der Waals surface area contributed by atoms with Crippen LogP contribution in [0.1, 0.15) is 17.5 Å². The van der Waals surface area contributed by atoms with Crippen molar-refractivity contribution in [2.75, 3.05) is 24.6 Å². The van der Waals surface area contributed by atoms with Crippen LogP contribution in [-0.4, -0.2) is 35.3 Å². The van der Waals surface area contributed by atoms with Crippen molar-refractivity contribution < 1.29 is 0 Å². The first-order valence-electron chi connectivity index (χ1n) is 5.99. The third-order valence-corrected chi connectivity index (χ3v) is 4.01. The summed E-state index contributed by atoms with van der Waals surface area (Å²) in [5.74, 6) is 2.66. The summed E-state index contributed by atoms with van der Waals surface area (Å²) in [5.41, 5.74) is 7.59. The summed E-state index contributed by atoms with van der Waals surface area (Å²) in [7, 11) is 0. The highest BCUT2D eigenvalue weighted by Gasteiger charge is 2.09. The van der Waals surface area contributed by atoms with Gasteiger partial charge in [-0.15, -0.1) is 0 Å². The van der Waals surface area contributed by atoms with E-state index in [9.17, 15) is 0 Å².